The number of hydrogen-bond acceptors (Lipinski definition) is 1. The molecule has 0 radical (unpaired) electrons. The van der Waals surface area contributed by atoms with Crippen LogP contribution in [0.15, 0.2) is 84.9 Å². The van der Waals surface area contributed by atoms with E-state index in [0.29, 0.717) is 11.4 Å². The van der Waals surface area contributed by atoms with E-state index in [1.54, 1.807) is 0 Å². The van der Waals surface area contributed by atoms with E-state index in [-0.39, 0.29) is 0 Å². The molecule has 0 saturated heterocycles. The molecule has 1 aromatic heterocycles. The average Bonchev–Trinajstić information content (AvgIpc) is 2.63. The van der Waals surface area contributed by atoms with Crippen molar-refractivity contribution in [3.63, 3.8) is 0 Å². The third-order valence-corrected chi connectivity index (χ3v) is 4.32. The molecule has 0 bridgehead atoms. The highest BCUT2D eigenvalue weighted by molar-refractivity contribution is 5.94. The molecule has 0 N–H and O–H groups in total. The molecule has 0 saturated carbocycles. The van der Waals surface area contributed by atoms with Crippen LogP contribution >= 0.6 is 0 Å². The SMILES string of the molecule is Cc1ccc(-c2c3ccccc3cc(-c3ccccc3)[n+]2[O-])cc1. The topological polar surface area (TPSA) is 26.9 Å². The average molecular weight is 311 g/mol. The Morgan fingerprint density at radius 2 is 1.38 bits per heavy atom. The minimum atomic E-state index is 0.671. The van der Waals surface area contributed by atoms with Gasteiger partial charge in [0.05, 0.1) is 5.39 Å². The third-order valence-electron chi connectivity index (χ3n) is 4.32. The normalized spacial score (nSPS) is 10.9. The van der Waals surface area contributed by atoms with E-state index < -0.39 is 0 Å². The first-order valence-corrected chi connectivity index (χ1v) is 8.02. The standard InChI is InChI=1S/C22H17NO/c1-16-11-13-18(14-12-16)22-20-10-6-5-9-19(20)15-21(23(22)24)17-7-3-2-4-8-17/h2-15H,1H3. The Hall–Kier alpha value is -3.13. The zero-order chi connectivity index (χ0) is 16.5. The lowest BCUT2D eigenvalue weighted by Gasteiger charge is -2.13. The number of benzene rings is 3. The van der Waals surface area contributed by atoms with Gasteiger partial charge in [-0.25, -0.2) is 0 Å². The van der Waals surface area contributed by atoms with E-state index in [4.69, 9.17) is 0 Å². The van der Waals surface area contributed by atoms with Crippen molar-refractivity contribution in [3.8, 4) is 22.5 Å². The Morgan fingerprint density at radius 3 is 2.12 bits per heavy atom. The number of aromatic nitrogens is 1. The van der Waals surface area contributed by atoms with Crippen molar-refractivity contribution in [2.24, 2.45) is 0 Å². The van der Waals surface area contributed by atoms with Gasteiger partial charge < -0.3 is 5.21 Å². The van der Waals surface area contributed by atoms with Crippen molar-refractivity contribution in [3.05, 3.63) is 95.7 Å². The van der Waals surface area contributed by atoms with Gasteiger partial charge in [0.2, 0.25) is 11.4 Å². The number of hydrogen-bond donors (Lipinski definition) is 0. The molecule has 4 aromatic rings. The van der Waals surface area contributed by atoms with Crippen LogP contribution in [0.4, 0.5) is 0 Å². The lowest BCUT2D eigenvalue weighted by atomic mass is 10.00. The maximum absolute atomic E-state index is 13.2. The van der Waals surface area contributed by atoms with Gasteiger partial charge in [-0.15, -0.1) is 0 Å². The molecule has 2 nitrogen and oxygen atoms in total. The molecule has 0 fully saturated rings. The second-order valence-electron chi connectivity index (χ2n) is 5.99. The number of pyridine rings is 1. The molecule has 2 heteroatoms. The first-order chi connectivity index (χ1) is 11.7. The second kappa shape index (κ2) is 5.82. The summed E-state index contributed by atoms with van der Waals surface area (Å²) < 4.78 is 1.06. The van der Waals surface area contributed by atoms with Gasteiger partial charge in [0.1, 0.15) is 0 Å². The van der Waals surface area contributed by atoms with Gasteiger partial charge in [-0.3, -0.25) is 0 Å². The molecule has 0 unspecified atom stereocenters. The molecule has 0 aliphatic carbocycles. The molecular weight excluding hydrogens is 294 g/mol. The summed E-state index contributed by atoms with van der Waals surface area (Å²) in [6.07, 6.45) is 0. The first kappa shape index (κ1) is 14.5. The maximum Gasteiger partial charge on any atom is 0.232 e. The predicted molar refractivity (Wildman–Crippen MR) is 98.5 cm³/mol. The molecule has 0 aliphatic rings. The van der Waals surface area contributed by atoms with Crippen LogP contribution in [-0.4, -0.2) is 0 Å². The van der Waals surface area contributed by atoms with Gasteiger partial charge >= 0.3 is 0 Å². The zero-order valence-electron chi connectivity index (χ0n) is 13.4. The molecule has 0 spiro atoms. The fraction of sp³-hybridized carbons (Fsp3) is 0.0455. The van der Waals surface area contributed by atoms with Crippen LogP contribution in [0.2, 0.25) is 0 Å². The Balaban J connectivity index is 2.07. The summed E-state index contributed by atoms with van der Waals surface area (Å²) in [4.78, 5) is 0. The summed E-state index contributed by atoms with van der Waals surface area (Å²) >= 11 is 0. The van der Waals surface area contributed by atoms with Crippen LogP contribution in [0.5, 0.6) is 0 Å². The molecule has 0 amide bonds. The van der Waals surface area contributed by atoms with E-state index in [1.165, 1.54) is 5.56 Å². The Labute approximate surface area is 141 Å². The van der Waals surface area contributed by atoms with E-state index >= 15 is 0 Å². The lowest BCUT2D eigenvalue weighted by molar-refractivity contribution is -0.580. The van der Waals surface area contributed by atoms with Crippen LogP contribution in [0.25, 0.3) is 33.3 Å². The van der Waals surface area contributed by atoms with Gasteiger partial charge in [0, 0.05) is 17.2 Å². The van der Waals surface area contributed by atoms with Crippen molar-refractivity contribution in [1.82, 2.24) is 0 Å². The van der Waals surface area contributed by atoms with Gasteiger partial charge in [-0.1, -0.05) is 54.1 Å². The second-order valence-corrected chi connectivity index (χ2v) is 5.99. The van der Waals surface area contributed by atoms with Crippen molar-refractivity contribution in [2.45, 2.75) is 6.92 Å². The van der Waals surface area contributed by atoms with Gasteiger partial charge in [0.15, 0.2) is 0 Å². The first-order valence-electron chi connectivity index (χ1n) is 8.02. The predicted octanol–water partition coefficient (Wildman–Crippen LogP) is 5.12. The summed E-state index contributed by atoms with van der Waals surface area (Å²) in [5.41, 5.74) is 4.41. The number of fused-ring (bicyclic) bond motifs is 1. The van der Waals surface area contributed by atoms with Crippen LogP contribution in [0, 0.1) is 12.1 Å². The number of rotatable bonds is 2. The summed E-state index contributed by atoms with van der Waals surface area (Å²) in [7, 11) is 0. The largest absolute Gasteiger partial charge is 0.618 e. The van der Waals surface area contributed by atoms with Gasteiger partial charge in [0.25, 0.3) is 0 Å². The molecular formula is C22H17NO. The number of nitrogens with zero attached hydrogens (tertiary/aromatic N) is 1. The summed E-state index contributed by atoms with van der Waals surface area (Å²) in [6.45, 7) is 2.05. The molecule has 24 heavy (non-hydrogen) atoms. The minimum absolute atomic E-state index is 0.671. The maximum atomic E-state index is 13.2. The number of aryl methyl sites for hydroxylation is 1. The monoisotopic (exact) mass is 311 g/mol. The van der Waals surface area contributed by atoms with Crippen molar-refractivity contribution in [2.75, 3.05) is 0 Å². The van der Waals surface area contributed by atoms with Crippen LogP contribution < -0.4 is 4.73 Å². The van der Waals surface area contributed by atoms with Gasteiger partial charge in [-0.2, -0.15) is 4.73 Å². The molecule has 3 aromatic carbocycles. The van der Waals surface area contributed by atoms with E-state index in [9.17, 15) is 5.21 Å². The Bertz CT molecular complexity index is 1010. The van der Waals surface area contributed by atoms with E-state index in [1.807, 2.05) is 85.8 Å². The van der Waals surface area contributed by atoms with Crippen LogP contribution in [0.1, 0.15) is 5.56 Å². The molecule has 0 atom stereocenters. The summed E-state index contributed by atoms with van der Waals surface area (Å²) in [5, 5.41) is 15.2. The van der Waals surface area contributed by atoms with Crippen molar-refractivity contribution < 1.29 is 4.73 Å². The quantitative estimate of drug-likeness (QED) is 0.373. The third kappa shape index (κ3) is 2.42. The van der Waals surface area contributed by atoms with Gasteiger partial charge in [-0.05, 0) is 42.6 Å². The molecule has 1 heterocycles. The Kier molecular flexibility index (Phi) is 3.51. The minimum Gasteiger partial charge on any atom is -0.618 e. The smallest absolute Gasteiger partial charge is 0.232 e. The molecule has 116 valence electrons. The van der Waals surface area contributed by atoms with E-state index in [0.717, 1.165) is 26.6 Å². The van der Waals surface area contributed by atoms with Crippen LogP contribution in [0.3, 0.4) is 0 Å². The molecule has 0 aliphatic heterocycles. The highest BCUT2D eigenvalue weighted by Gasteiger charge is 2.19. The van der Waals surface area contributed by atoms with E-state index in [2.05, 4.69) is 6.07 Å². The lowest BCUT2D eigenvalue weighted by Crippen LogP contribution is -2.32. The molecule has 4 rings (SSSR count). The van der Waals surface area contributed by atoms with Crippen LogP contribution in [-0.2, 0) is 0 Å². The highest BCUT2D eigenvalue weighted by Crippen LogP contribution is 2.29. The fourth-order valence-corrected chi connectivity index (χ4v) is 3.07. The zero-order valence-corrected chi connectivity index (χ0v) is 13.4. The summed E-state index contributed by atoms with van der Waals surface area (Å²) in [5.74, 6) is 0. The Morgan fingerprint density at radius 1 is 0.708 bits per heavy atom. The summed E-state index contributed by atoms with van der Waals surface area (Å²) in [6, 6.07) is 27.9. The fourth-order valence-electron chi connectivity index (χ4n) is 3.07. The highest BCUT2D eigenvalue weighted by atomic mass is 16.5. The van der Waals surface area contributed by atoms with Crippen molar-refractivity contribution in [1.29, 1.82) is 0 Å². The van der Waals surface area contributed by atoms with Crippen molar-refractivity contribution >= 4 is 10.8 Å².